The van der Waals surface area contributed by atoms with E-state index in [0.29, 0.717) is 18.7 Å². The number of hydrogen-bond donors (Lipinski definition) is 1. The number of amides is 2. The minimum Gasteiger partial charge on any atom is -0.375 e. The molecule has 1 aliphatic rings. The molecule has 2 aromatic carbocycles. The Morgan fingerprint density at radius 3 is 2.62 bits per heavy atom. The third kappa shape index (κ3) is 3.72. The van der Waals surface area contributed by atoms with Crippen molar-refractivity contribution in [2.24, 2.45) is 0 Å². The summed E-state index contributed by atoms with van der Waals surface area (Å²) in [6.45, 7) is 0.557. The van der Waals surface area contributed by atoms with Gasteiger partial charge >= 0.3 is 0 Å². The third-order valence-electron chi connectivity index (χ3n) is 4.23. The monoisotopic (exact) mass is 360 g/mol. The van der Waals surface area contributed by atoms with Gasteiger partial charge in [0.2, 0.25) is 5.91 Å². The van der Waals surface area contributed by atoms with E-state index in [-0.39, 0.29) is 18.1 Å². The number of nitrogens with one attached hydrogen (secondary N) is 1. The number of halogens is 2. The number of carbonyl (C=O) groups excluding carboxylic acids is 2. The lowest BCUT2D eigenvalue weighted by atomic mass is 10.1. The van der Waals surface area contributed by atoms with Gasteiger partial charge in [-0.1, -0.05) is 6.07 Å². The van der Waals surface area contributed by atoms with E-state index >= 15 is 0 Å². The predicted octanol–water partition coefficient (Wildman–Crippen LogP) is 2.68. The Morgan fingerprint density at radius 2 is 1.92 bits per heavy atom. The lowest BCUT2D eigenvalue weighted by Gasteiger charge is -2.17. The van der Waals surface area contributed by atoms with E-state index in [1.54, 1.807) is 23.1 Å². The van der Waals surface area contributed by atoms with Crippen LogP contribution in [-0.4, -0.2) is 32.1 Å². The Hall–Kier alpha value is -2.80. The van der Waals surface area contributed by atoms with Crippen molar-refractivity contribution in [3.63, 3.8) is 0 Å². The number of benzene rings is 2. The number of anilines is 2. The normalized spacial score (nSPS) is 12.8. The molecule has 0 radical (unpaired) electrons. The lowest BCUT2D eigenvalue weighted by Crippen LogP contribution is -2.31. The maximum absolute atomic E-state index is 13.6. The molecule has 0 unspecified atom stereocenters. The number of nitrogens with zero attached hydrogens (tertiary/aromatic N) is 1. The molecule has 0 spiro atoms. The summed E-state index contributed by atoms with van der Waals surface area (Å²) in [4.78, 5) is 25.8. The molecule has 0 aromatic heterocycles. The van der Waals surface area contributed by atoms with Crippen LogP contribution >= 0.6 is 0 Å². The second kappa shape index (κ2) is 7.61. The first kappa shape index (κ1) is 18.0. The zero-order valence-corrected chi connectivity index (χ0v) is 14.2. The minimum absolute atomic E-state index is 0.00608. The number of fused-ring (bicyclic) bond motifs is 1. The molecule has 1 aliphatic heterocycles. The highest BCUT2D eigenvalue weighted by atomic mass is 19.1. The topological polar surface area (TPSA) is 58.6 Å². The molecule has 0 aliphatic carbocycles. The van der Waals surface area contributed by atoms with Gasteiger partial charge in [0.25, 0.3) is 5.91 Å². The summed E-state index contributed by atoms with van der Waals surface area (Å²) in [6, 6.07) is 8.66. The van der Waals surface area contributed by atoms with Crippen LogP contribution in [0.1, 0.15) is 11.1 Å². The summed E-state index contributed by atoms with van der Waals surface area (Å²) in [7, 11) is 1.46. The van der Waals surface area contributed by atoms with Gasteiger partial charge in [-0.25, -0.2) is 8.78 Å². The summed E-state index contributed by atoms with van der Waals surface area (Å²) in [5.41, 5.74) is 1.96. The molecule has 136 valence electrons. The lowest BCUT2D eigenvalue weighted by molar-refractivity contribution is -0.122. The van der Waals surface area contributed by atoms with Crippen molar-refractivity contribution in [3.05, 3.63) is 59.2 Å². The molecule has 1 N–H and O–H groups in total. The second-order valence-electron chi connectivity index (χ2n) is 6.00. The van der Waals surface area contributed by atoms with Crippen LogP contribution in [-0.2, 0) is 27.2 Å². The van der Waals surface area contributed by atoms with Crippen molar-refractivity contribution >= 4 is 23.2 Å². The van der Waals surface area contributed by atoms with Gasteiger partial charge in [0, 0.05) is 30.6 Å². The van der Waals surface area contributed by atoms with Crippen molar-refractivity contribution in [2.75, 3.05) is 30.5 Å². The van der Waals surface area contributed by atoms with Crippen molar-refractivity contribution < 1.29 is 23.1 Å². The fraction of sp³-hybridized carbons (Fsp3) is 0.263. The van der Waals surface area contributed by atoms with E-state index in [4.69, 9.17) is 4.74 Å². The average Bonchev–Trinajstić information content (AvgIpc) is 3.02. The minimum atomic E-state index is -0.749. The number of carbonyl (C=O) groups is 2. The SMILES string of the molecule is COCC(=O)N1CCc2cc(NC(=O)Cc3c(F)cccc3F)ccc21. The summed E-state index contributed by atoms with van der Waals surface area (Å²) < 4.78 is 32.2. The van der Waals surface area contributed by atoms with Crippen molar-refractivity contribution in [3.8, 4) is 0 Å². The second-order valence-corrected chi connectivity index (χ2v) is 6.00. The fourth-order valence-corrected chi connectivity index (χ4v) is 3.01. The smallest absolute Gasteiger partial charge is 0.252 e. The highest BCUT2D eigenvalue weighted by Gasteiger charge is 2.24. The summed E-state index contributed by atoms with van der Waals surface area (Å²) >= 11 is 0. The van der Waals surface area contributed by atoms with Crippen LogP contribution in [0, 0.1) is 11.6 Å². The molecule has 1 heterocycles. The number of methoxy groups -OCH3 is 1. The van der Waals surface area contributed by atoms with Gasteiger partial charge in [-0.3, -0.25) is 9.59 Å². The van der Waals surface area contributed by atoms with Crippen LogP contribution in [0.5, 0.6) is 0 Å². The highest BCUT2D eigenvalue weighted by Crippen LogP contribution is 2.30. The van der Waals surface area contributed by atoms with Crippen LogP contribution in [0.15, 0.2) is 36.4 Å². The Labute approximate surface area is 149 Å². The van der Waals surface area contributed by atoms with Crippen LogP contribution in [0.2, 0.25) is 0 Å². The van der Waals surface area contributed by atoms with Gasteiger partial charge in [-0.05, 0) is 42.3 Å². The third-order valence-corrected chi connectivity index (χ3v) is 4.23. The van der Waals surface area contributed by atoms with E-state index in [0.717, 1.165) is 23.4 Å². The first-order valence-electron chi connectivity index (χ1n) is 8.14. The maximum atomic E-state index is 13.6. The molecule has 0 saturated heterocycles. The van der Waals surface area contributed by atoms with Crippen LogP contribution in [0.4, 0.5) is 20.2 Å². The van der Waals surface area contributed by atoms with E-state index in [1.165, 1.54) is 13.2 Å². The first-order chi connectivity index (χ1) is 12.5. The Balaban J connectivity index is 1.70. The molecule has 2 amide bonds. The van der Waals surface area contributed by atoms with Gasteiger partial charge in [-0.2, -0.15) is 0 Å². The largest absolute Gasteiger partial charge is 0.375 e. The molecule has 0 bridgehead atoms. The van der Waals surface area contributed by atoms with Crippen molar-refractivity contribution in [1.82, 2.24) is 0 Å². The molecule has 0 atom stereocenters. The van der Waals surface area contributed by atoms with E-state index in [9.17, 15) is 18.4 Å². The molecule has 5 nitrogen and oxygen atoms in total. The molecule has 7 heteroatoms. The zero-order valence-electron chi connectivity index (χ0n) is 14.2. The van der Waals surface area contributed by atoms with Gasteiger partial charge in [0.1, 0.15) is 18.2 Å². The summed E-state index contributed by atoms with van der Waals surface area (Å²) in [5.74, 6) is -2.14. The average molecular weight is 360 g/mol. The van der Waals surface area contributed by atoms with Gasteiger partial charge in [0.15, 0.2) is 0 Å². The Morgan fingerprint density at radius 1 is 1.19 bits per heavy atom. The zero-order chi connectivity index (χ0) is 18.7. The first-order valence-corrected chi connectivity index (χ1v) is 8.14. The molecule has 2 aromatic rings. The Kier molecular flexibility index (Phi) is 5.27. The quantitative estimate of drug-likeness (QED) is 0.892. The van der Waals surface area contributed by atoms with Crippen LogP contribution in [0.3, 0.4) is 0 Å². The predicted molar refractivity (Wildman–Crippen MR) is 93.1 cm³/mol. The number of rotatable bonds is 5. The van der Waals surface area contributed by atoms with Crippen molar-refractivity contribution in [1.29, 1.82) is 0 Å². The number of hydrogen-bond acceptors (Lipinski definition) is 3. The molecule has 3 rings (SSSR count). The summed E-state index contributed by atoms with van der Waals surface area (Å²) in [6.07, 6.45) is 0.268. The van der Waals surface area contributed by atoms with Crippen LogP contribution < -0.4 is 10.2 Å². The van der Waals surface area contributed by atoms with Gasteiger partial charge in [-0.15, -0.1) is 0 Å². The van der Waals surface area contributed by atoms with Crippen LogP contribution in [0.25, 0.3) is 0 Å². The molecular formula is C19H18F2N2O3. The highest BCUT2D eigenvalue weighted by molar-refractivity contribution is 5.97. The molecule has 26 heavy (non-hydrogen) atoms. The summed E-state index contributed by atoms with van der Waals surface area (Å²) in [5, 5.41) is 2.64. The molecule has 0 fully saturated rings. The van der Waals surface area contributed by atoms with Gasteiger partial charge in [0.05, 0.1) is 6.42 Å². The van der Waals surface area contributed by atoms with E-state index < -0.39 is 24.0 Å². The van der Waals surface area contributed by atoms with Crippen molar-refractivity contribution in [2.45, 2.75) is 12.8 Å². The van der Waals surface area contributed by atoms with E-state index in [2.05, 4.69) is 5.32 Å². The maximum Gasteiger partial charge on any atom is 0.252 e. The van der Waals surface area contributed by atoms with Gasteiger partial charge < -0.3 is 15.0 Å². The molecule has 0 saturated carbocycles. The fourth-order valence-electron chi connectivity index (χ4n) is 3.01. The Bertz CT molecular complexity index is 834. The molecular weight excluding hydrogens is 342 g/mol. The van der Waals surface area contributed by atoms with E-state index in [1.807, 2.05) is 0 Å². The standard InChI is InChI=1S/C19H18F2N2O3/c1-26-11-19(25)23-8-7-12-9-13(5-6-17(12)23)22-18(24)10-14-15(20)3-2-4-16(14)21/h2-6,9H,7-8,10-11H2,1H3,(H,22,24). The number of ether oxygens (including phenoxy) is 1.